The maximum absolute atomic E-state index is 12.2. The van der Waals surface area contributed by atoms with E-state index in [1.807, 2.05) is 19.1 Å². The smallest absolute Gasteiger partial charge is 0.319 e. The molecule has 0 saturated carbocycles. The Morgan fingerprint density at radius 2 is 1.87 bits per heavy atom. The predicted molar refractivity (Wildman–Crippen MR) is 121 cm³/mol. The summed E-state index contributed by atoms with van der Waals surface area (Å²) in [5.41, 5.74) is 2.46. The number of rotatable bonds is 6. The van der Waals surface area contributed by atoms with E-state index in [-0.39, 0.29) is 11.6 Å². The van der Waals surface area contributed by atoms with Crippen LogP contribution in [0.1, 0.15) is 21.6 Å². The SMILES string of the molecule is CNC(=O)c1cc(Oc2ccc(CNC(=O)Nc3cc(Cl)ccc3Cl)cc2C)ccn1. The molecule has 0 aliphatic heterocycles. The van der Waals surface area contributed by atoms with Crippen molar-refractivity contribution >= 4 is 40.8 Å². The lowest BCUT2D eigenvalue weighted by Crippen LogP contribution is -2.28. The molecule has 31 heavy (non-hydrogen) atoms. The quantitative estimate of drug-likeness (QED) is 0.474. The van der Waals surface area contributed by atoms with Gasteiger partial charge in [-0.1, -0.05) is 35.3 Å². The minimum absolute atomic E-state index is 0.268. The summed E-state index contributed by atoms with van der Waals surface area (Å²) in [6.07, 6.45) is 1.51. The molecule has 0 aliphatic rings. The van der Waals surface area contributed by atoms with Crippen LogP contribution in [0.15, 0.2) is 54.7 Å². The summed E-state index contributed by atoms with van der Waals surface area (Å²) < 4.78 is 5.88. The normalized spacial score (nSPS) is 10.3. The van der Waals surface area contributed by atoms with Gasteiger partial charge in [-0.2, -0.15) is 0 Å². The summed E-state index contributed by atoms with van der Waals surface area (Å²) >= 11 is 12.0. The molecule has 1 heterocycles. The molecule has 9 heteroatoms. The zero-order chi connectivity index (χ0) is 22.4. The van der Waals surface area contributed by atoms with Gasteiger partial charge in [0.25, 0.3) is 5.91 Å². The number of halogens is 2. The topological polar surface area (TPSA) is 92.4 Å². The van der Waals surface area contributed by atoms with Crippen LogP contribution in [0.2, 0.25) is 10.0 Å². The van der Waals surface area contributed by atoms with E-state index in [2.05, 4.69) is 20.9 Å². The second-order valence-electron chi connectivity index (χ2n) is 6.59. The van der Waals surface area contributed by atoms with Gasteiger partial charge in [0, 0.05) is 30.9 Å². The fourth-order valence-electron chi connectivity index (χ4n) is 2.73. The van der Waals surface area contributed by atoms with Gasteiger partial charge in [-0.25, -0.2) is 4.79 Å². The number of hydrogen-bond donors (Lipinski definition) is 3. The number of nitrogens with zero attached hydrogens (tertiary/aromatic N) is 1. The van der Waals surface area contributed by atoms with E-state index >= 15 is 0 Å². The number of amides is 3. The number of nitrogens with one attached hydrogen (secondary N) is 3. The Kier molecular flexibility index (Phi) is 7.33. The number of anilines is 1. The highest BCUT2D eigenvalue weighted by atomic mass is 35.5. The second-order valence-corrected chi connectivity index (χ2v) is 7.43. The van der Waals surface area contributed by atoms with E-state index in [4.69, 9.17) is 27.9 Å². The minimum atomic E-state index is -0.402. The Morgan fingerprint density at radius 3 is 2.61 bits per heavy atom. The van der Waals surface area contributed by atoms with Crippen LogP contribution in [-0.4, -0.2) is 24.0 Å². The third-order valence-corrected chi connectivity index (χ3v) is 4.85. The van der Waals surface area contributed by atoms with Crippen molar-refractivity contribution < 1.29 is 14.3 Å². The summed E-state index contributed by atoms with van der Waals surface area (Å²) in [5.74, 6) is 0.842. The van der Waals surface area contributed by atoms with Crippen molar-refractivity contribution in [2.24, 2.45) is 0 Å². The number of ether oxygens (including phenoxy) is 1. The molecule has 1 aromatic heterocycles. The molecule has 3 aromatic rings. The molecule has 0 bridgehead atoms. The Bertz CT molecular complexity index is 1120. The van der Waals surface area contributed by atoms with Gasteiger partial charge in [-0.3, -0.25) is 9.78 Å². The number of hydrogen-bond acceptors (Lipinski definition) is 4. The van der Waals surface area contributed by atoms with Crippen molar-refractivity contribution in [2.75, 3.05) is 12.4 Å². The molecule has 0 aliphatic carbocycles. The van der Waals surface area contributed by atoms with Gasteiger partial charge < -0.3 is 20.7 Å². The minimum Gasteiger partial charge on any atom is -0.457 e. The molecule has 3 N–H and O–H groups in total. The fraction of sp³-hybridized carbons (Fsp3) is 0.136. The van der Waals surface area contributed by atoms with Crippen LogP contribution in [0.4, 0.5) is 10.5 Å². The number of carbonyl (C=O) groups is 2. The Labute approximate surface area is 189 Å². The van der Waals surface area contributed by atoms with Crippen LogP contribution in [0, 0.1) is 6.92 Å². The average molecular weight is 459 g/mol. The molecule has 3 rings (SSSR count). The van der Waals surface area contributed by atoms with Gasteiger partial charge in [-0.05, 0) is 48.4 Å². The molecule has 7 nitrogen and oxygen atoms in total. The molecule has 2 aromatic carbocycles. The lowest BCUT2D eigenvalue weighted by Gasteiger charge is -2.12. The standard InChI is InChI=1S/C22H20Cl2N4O3/c1-13-9-14(12-27-22(30)28-18-10-15(23)4-5-17(18)24)3-6-20(13)31-16-7-8-26-19(11-16)21(29)25-2/h3-11H,12H2,1-2H3,(H,25,29)(H2,27,28,30). The highest BCUT2D eigenvalue weighted by Gasteiger charge is 2.10. The van der Waals surface area contributed by atoms with Gasteiger partial charge in [0.05, 0.1) is 10.7 Å². The first-order chi connectivity index (χ1) is 14.9. The summed E-state index contributed by atoms with van der Waals surface area (Å²) in [6.45, 7) is 2.20. The summed E-state index contributed by atoms with van der Waals surface area (Å²) in [6, 6.07) is 13.2. The van der Waals surface area contributed by atoms with Crippen LogP contribution < -0.4 is 20.7 Å². The zero-order valence-corrected chi connectivity index (χ0v) is 18.3. The average Bonchev–Trinajstić information content (AvgIpc) is 2.76. The Hall–Kier alpha value is -3.29. The van der Waals surface area contributed by atoms with Gasteiger partial charge in [0.2, 0.25) is 0 Å². The van der Waals surface area contributed by atoms with Crippen LogP contribution in [0.5, 0.6) is 11.5 Å². The van der Waals surface area contributed by atoms with Crippen LogP contribution in [0.25, 0.3) is 0 Å². The van der Waals surface area contributed by atoms with Crippen molar-refractivity contribution in [1.82, 2.24) is 15.6 Å². The molecule has 3 amide bonds. The van der Waals surface area contributed by atoms with Crippen molar-refractivity contribution in [3.63, 3.8) is 0 Å². The monoisotopic (exact) mass is 458 g/mol. The number of aryl methyl sites for hydroxylation is 1. The van der Waals surface area contributed by atoms with Crippen molar-refractivity contribution in [1.29, 1.82) is 0 Å². The van der Waals surface area contributed by atoms with Crippen molar-refractivity contribution in [3.05, 3.63) is 81.6 Å². The lowest BCUT2D eigenvalue weighted by atomic mass is 10.1. The van der Waals surface area contributed by atoms with Gasteiger partial charge in [0.1, 0.15) is 17.2 Å². The van der Waals surface area contributed by atoms with E-state index in [0.29, 0.717) is 33.8 Å². The maximum atomic E-state index is 12.2. The lowest BCUT2D eigenvalue weighted by molar-refractivity contribution is 0.0958. The van der Waals surface area contributed by atoms with E-state index < -0.39 is 6.03 Å². The van der Waals surface area contributed by atoms with Gasteiger partial charge in [0.15, 0.2) is 0 Å². The highest BCUT2D eigenvalue weighted by molar-refractivity contribution is 6.35. The highest BCUT2D eigenvalue weighted by Crippen LogP contribution is 2.27. The first-order valence-corrected chi connectivity index (χ1v) is 10.1. The summed E-state index contributed by atoms with van der Waals surface area (Å²) in [4.78, 5) is 27.9. The van der Waals surface area contributed by atoms with E-state index in [1.165, 1.54) is 13.2 Å². The van der Waals surface area contributed by atoms with E-state index in [0.717, 1.165) is 11.1 Å². The molecule has 0 unspecified atom stereocenters. The summed E-state index contributed by atoms with van der Waals surface area (Å²) in [7, 11) is 1.54. The molecule has 0 radical (unpaired) electrons. The largest absolute Gasteiger partial charge is 0.457 e. The van der Waals surface area contributed by atoms with Gasteiger partial charge in [-0.15, -0.1) is 0 Å². The zero-order valence-electron chi connectivity index (χ0n) is 16.8. The number of aromatic nitrogens is 1. The molecule has 160 valence electrons. The van der Waals surface area contributed by atoms with Crippen LogP contribution in [0.3, 0.4) is 0 Å². The first kappa shape index (κ1) is 22.4. The Balaban J connectivity index is 1.61. The van der Waals surface area contributed by atoms with Crippen molar-refractivity contribution in [3.8, 4) is 11.5 Å². The third kappa shape index (κ3) is 6.10. The van der Waals surface area contributed by atoms with Gasteiger partial charge >= 0.3 is 6.03 Å². The second kappa shape index (κ2) is 10.1. The summed E-state index contributed by atoms with van der Waals surface area (Å²) in [5, 5.41) is 8.84. The predicted octanol–water partition coefficient (Wildman–Crippen LogP) is 5.17. The first-order valence-electron chi connectivity index (χ1n) is 9.31. The number of benzene rings is 2. The third-order valence-electron chi connectivity index (χ3n) is 4.29. The molecule has 0 atom stereocenters. The molecule has 0 fully saturated rings. The molecular weight excluding hydrogens is 439 g/mol. The number of urea groups is 1. The van der Waals surface area contributed by atoms with E-state index in [9.17, 15) is 9.59 Å². The molecular formula is C22H20Cl2N4O3. The molecule has 0 spiro atoms. The van der Waals surface area contributed by atoms with Crippen molar-refractivity contribution in [2.45, 2.75) is 13.5 Å². The number of carbonyl (C=O) groups excluding carboxylic acids is 2. The molecule has 0 saturated heterocycles. The van der Waals surface area contributed by atoms with Crippen LogP contribution >= 0.6 is 23.2 Å². The van der Waals surface area contributed by atoms with E-state index in [1.54, 1.807) is 36.4 Å². The number of pyridine rings is 1. The maximum Gasteiger partial charge on any atom is 0.319 e. The Morgan fingerprint density at radius 1 is 1.06 bits per heavy atom. The fourth-order valence-corrected chi connectivity index (χ4v) is 3.07. The van der Waals surface area contributed by atoms with Crippen LogP contribution in [-0.2, 0) is 6.54 Å².